The molecule has 0 aliphatic heterocycles. The van der Waals surface area contributed by atoms with Gasteiger partial charge in [0.05, 0.1) is 13.2 Å². The second kappa shape index (κ2) is 12.0. The quantitative estimate of drug-likeness (QED) is 0.278. The number of carboxylic acid groups (broad SMARTS) is 1. The molecular formula is C27H30N8O3. The van der Waals surface area contributed by atoms with Gasteiger partial charge in [0.1, 0.15) is 5.82 Å². The van der Waals surface area contributed by atoms with Gasteiger partial charge in [-0.3, -0.25) is 4.90 Å². The van der Waals surface area contributed by atoms with Crippen LogP contribution in [0, 0.1) is 0 Å². The molecule has 11 heteroatoms. The minimum absolute atomic E-state index is 0.00972. The minimum atomic E-state index is -1.05. The highest BCUT2D eigenvalue weighted by molar-refractivity contribution is 5.65. The van der Waals surface area contributed by atoms with Crippen molar-refractivity contribution in [2.45, 2.75) is 32.4 Å². The van der Waals surface area contributed by atoms with Crippen LogP contribution in [0.2, 0.25) is 0 Å². The maximum Gasteiger partial charge on any atom is 0.405 e. The second-order valence-corrected chi connectivity index (χ2v) is 8.77. The Morgan fingerprint density at radius 1 is 1.03 bits per heavy atom. The average molecular weight is 515 g/mol. The van der Waals surface area contributed by atoms with E-state index in [9.17, 15) is 4.79 Å². The molecular weight excluding hydrogens is 484 g/mol. The van der Waals surface area contributed by atoms with Crippen LogP contribution in [0.5, 0.6) is 6.01 Å². The number of carbonyl (C=O) groups is 1. The maximum atomic E-state index is 11.0. The van der Waals surface area contributed by atoms with Crippen LogP contribution in [-0.4, -0.2) is 56.3 Å². The lowest BCUT2D eigenvalue weighted by atomic mass is 10.0. The molecule has 0 aliphatic rings. The van der Waals surface area contributed by atoms with E-state index >= 15 is 0 Å². The van der Waals surface area contributed by atoms with Gasteiger partial charge in [0, 0.05) is 24.8 Å². The lowest BCUT2D eigenvalue weighted by Gasteiger charge is -2.19. The van der Waals surface area contributed by atoms with Crippen molar-refractivity contribution in [2.75, 3.05) is 24.4 Å². The van der Waals surface area contributed by atoms with Crippen LogP contribution < -0.4 is 20.3 Å². The Morgan fingerprint density at radius 2 is 1.82 bits per heavy atom. The molecule has 4 rings (SSSR count). The lowest BCUT2D eigenvalue weighted by Crippen LogP contribution is -2.25. The van der Waals surface area contributed by atoms with E-state index in [4.69, 9.17) is 9.84 Å². The van der Waals surface area contributed by atoms with Crippen LogP contribution in [0.25, 0.3) is 11.4 Å². The summed E-state index contributed by atoms with van der Waals surface area (Å²) in [6.07, 6.45) is 1.32. The summed E-state index contributed by atoms with van der Waals surface area (Å²) >= 11 is 0. The SMILES string of the molecule is COc1nc(-c2ccccc2)nc(N(C)c2ccnc(N[C@@H](C)Cc3cccc([C@@H](C)NC(=O)O)c3)n2)n1. The number of hydrogen-bond donors (Lipinski definition) is 3. The highest BCUT2D eigenvalue weighted by Crippen LogP contribution is 2.24. The lowest BCUT2D eigenvalue weighted by molar-refractivity contribution is 0.191. The molecule has 2 atom stereocenters. The monoisotopic (exact) mass is 514 g/mol. The summed E-state index contributed by atoms with van der Waals surface area (Å²) in [7, 11) is 3.33. The van der Waals surface area contributed by atoms with Crippen molar-refractivity contribution in [3.05, 3.63) is 78.0 Å². The third kappa shape index (κ3) is 6.69. The number of hydrogen-bond acceptors (Lipinski definition) is 9. The molecule has 0 saturated carbocycles. The molecule has 1 amide bonds. The fraction of sp³-hybridized carbons (Fsp3) is 0.259. The molecule has 0 unspecified atom stereocenters. The van der Waals surface area contributed by atoms with Crippen molar-refractivity contribution < 1.29 is 14.6 Å². The third-order valence-corrected chi connectivity index (χ3v) is 5.81. The largest absolute Gasteiger partial charge is 0.467 e. The number of benzene rings is 2. The number of rotatable bonds is 10. The van der Waals surface area contributed by atoms with Crippen molar-refractivity contribution in [1.82, 2.24) is 30.2 Å². The van der Waals surface area contributed by atoms with Crippen molar-refractivity contribution >= 4 is 23.8 Å². The molecule has 0 radical (unpaired) electrons. The first-order valence-electron chi connectivity index (χ1n) is 12.1. The van der Waals surface area contributed by atoms with Crippen molar-refractivity contribution in [3.8, 4) is 17.4 Å². The van der Waals surface area contributed by atoms with Crippen LogP contribution in [-0.2, 0) is 6.42 Å². The highest BCUT2D eigenvalue weighted by Gasteiger charge is 2.16. The van der Waals surface area contributed by atoms with E-state index in [0.29, 0.717) is 30.0 Å². The minimum Gasteiger partial charge on any atom is -0.467 e. The number of aromatic nitrogens is 5. The zero-order valence-corrected chi connectivity index (χ0v) is 21.7. The van der Waals surface area contributed by atoms with Crippen LogP contribution in [0.15, 0.2) is 66.9 Å². The van der Waals surface area contributed by atoms with Crippen LogP contribution in [0.4, 0.5) is 22.5 Å². The molecule has 2 heterocycles. The van der Waals surface area contributed by atoms with Gasteiger partial charge in [-0.25, -0.2) is 9.78 Å². The van der Waals surface area contributed by atoms with Gasteiger partial charge < -0.3 is 20.5 Å². The molecule has 0 aliphatic carbocycles. The average Bonchev–Trinajstić information content (AvgIpc) is 2.92. The summed E-state index contributed by atoms with van der Waals surface area (Å²) in [5.74, 6) is 1.94. The predicted octanol–water partition coefficient (Wildman–Crippen LogP) is 4.48. The van der Waals surface area contributed by atoms with Gasteiger partial charge in [0.25, 0.3) is 0 Å². The molecule has 11 nitrogen and oxygen atoms in total. The Kier molecular flexibility index (Phi) is 8.27. The summed E-state index contributed by atoms with van der Waals surface area (Å²) in [6.45, 7) is 3.85. The molecule has 0 bridgehead atoms. The molecule has 196 valence electrons. The van der Waals surface area contributed by atoms with Crippen LogP contribution in [0.1, 0.15) is 31.0 Å². The summed E-state index contributed by atoms with van der Waals surface area (Å²) < 4.78 is 5.31. The summed E-state index contributed by atoms with van der Waals surface area (Å²) in [5, 5.41) is 14.8. The number of methoxy groups -OCH3 is 1. The number of nitrogens with one attached hydrogen (secondary N) is 2. The Labute approximate surface area is 221 Å². The predicted molar refractivity (Wildman–Crippen MR) is 145 cm³/mol. The number of anilines is 3. The first-order chi connectivity index (χ1) is 18.3. The zero-order chi connectivity index (χ0) is 27.1. The smallest absolute Gasteiger partial charge is 0.405 e. The van der Waals surface area contributed by atoms with Crippen molar-refractivity contribution in [1.29, 1.82) is 0 Å². The van der Waals surface area contributed by atoms with E-state index in [1.807, 2.05) is 75.5 Å². The van der Waals surface area contributed by atoms with Gasteiger partial charge in [0.2, 0.25) is 11.9 Å². The molecule has 3 N–H and O–H groups in total. The van der Waals surface area contributed by atoms with Gasteiger partial charge in [-0.15, -0.1) is 0 Å². The highest BCUT2D eigenvalue weighted by atomic mass is 16.5. The number of nitrogens with zero attached hydrogens (tertiary/aromatic N) is 6. The molecule has 2 aromatic heterocycles. The van der Waals surface area contributed by atoms with E-state index in [2.05, 4.69) is 35.6 Å². The van der Waals surface area contributed by atoms with Crippen molar-refractivity contribution in [3.63, 3.8) is 0 Å². The first-order valence-corrected chi connectivity index (χ1v) is 12.1. The number of ether oxygens (including phenoxy) is 1. The van der Waals surface area contributed by atoms with E-state index in [-0.39, 0.29) is 18.1 Å². The van der Waals surface area contributed by atoms with Crippen molar-refractivity contribution in [2.24, 2.45) is 0 Å². The molecule has 0 spiro atoms. The fourth-order valence-corrected chi connectivity index (χ4v) is 3.89. The maximum absolute atomic E-state index is 11.0. The summed E-state index contributed by atoms with van der Waals surface area (Å²) in [4.78, 5) is 35.1. The van der Waals surface area contributed by atoms with E-state index in [1.54, 1.807) is 17.2 Å². The molecule has 2 aromatic carbocycles. The van der Waals surface area contributed by atoms with Gasteiger partial charge in [0.15, 0.2) is 5.82 Å². The molecule has 4 aromatic rings. The summed E-state index contributed by atoms with van der Waals surface area (Å²) in [5.41, 5.74) is 2.82. The molecule has 38 heavy (non-hydrogen) atoms. The normalized spacial score (nSPS) is 12.3. The summed E-state index contributed by atoms with van der Waals surface area (Å²) in [6, 6.07) is 19.1. The van der Waals surface area contributed by atoms with E-state index in [0.717, 1.165) is 16.7 Å². The third-order valence-electron chi connectivity index (χ3n) is 5.81. The standard InChI is InChI=1S/C27H30N8O3/c1-17(15-19-9-8-12-21(16-19)18(2)30-27(36)37)29-24-28-14-13-22(31-24)35(3)25-32-23(33-26(34-25)38-4)20-10-6-5-7-11-20/h5-14,16-18,30H,15H2,1-4H3,(H,36,37)(H,28,29,31)/t17-,18+/m0/s1. The van der Waals surface area contributed by atoms with Gasteiger partial charge >= 0.3 is 12.1 Å². The Hall–Kier alpha value is -4.80. The molecule has 0 saturated heterocycles. The fourth-order valence-electron chi connectivity index (χ4n) is 3.89. The Morgan fingerprint density at radius 3 is 2.55 bits per heavy atom. The van der Waals surface area contributed by atoms with Gasteiger partial charge in [-0.05, 0) is 37.5 Å². The zero-order valence-electron chi connectivity index (χ0n) is 21.7. The Balaban J connectivity index is 1.48. The van der Waals surface area contributed by atoms with E-state index < -0.39 is 6.09 Å². The first kappa shape index (κ1) is 26.3. The van der Waals surface area contributed by atoms with E-state index in [1.165, 1.54) is 7.11 Å². The van der Waals surface area contributed by atoms with Crippen LogP contribution in [0.3, 0.4) is 0 Å². The van der Waals surface area contributed by atoms with Gasteiger partial charge in [-0.1, -0.05) is 54.6 Å². The number of amides is 1. The van der Waals surface area contributed by atoms with Crippen LogP contribution >= 0.6 is 0 Å². The topological polar surface area (TPSA) is 138 Å². The second-order valence-electron chi connectivity index (χ2n) is 8.77. The Bertz CT molecular complexity index is 1390. The molecule has 0 fully saturated rings. The van der Waals surface area contributed by atoms with Gasteiger partial charge in [-0.2, -0.15) is 19.9 Å².